The molecule has 3 N–H and O–H groups in total. The lowest BCUT2D eigenvalue weighted by molar-refractivity contribution is -0.122. The quantitative estimate of drug-likeness (QED) is 0.549. The lowest BCUT2D eigenvalue weighted by Gasteiger charge is -2.37. The third kappa shape index (κ3) is 7.47. The molecule has 2 rings (SSSR count). The monoisotopic (exact) mass is 417 g/mol. The van der Waals surface area contributed by atoms with E-state index in [0.29, 0.717) is 31.3 Å². The average Bonchev–Trinajstić information content (AvgIpc) is 2.67. The highest BCUT2D eigenvalue weighted by Gasteiger charge is 2.32. The number of rotatable bonds is 8. The van der Waals surface area contributed by atoms with E-state index in [-0.39, 0.29) is 35.6 Å². The molecule has 1 aromatic carbocycles. The van der Waals surface area contributed by atoms with Crippen LogP contribution in [0.2, 0.25) is 0 Å². The molecule has 1 aromatic rings. The number of hydrogen-bond donors (Lipinski definition) is 3. The van der Waals surface area contributed by atoms with Gasteiger partial charge in [-0.1, -0.05) is 37.6 Å². The van der Waals surface area contributed by atoms with Gasteiger partial charge in [-0.3, -0.25) is 4.79 Å². The van der Waals surface area contributed by atoms with Crippen molar-refractivity contribution in [2.45, 2.75) is 60.0 Å². The molecule has 0 bridgehead atoms. The van der Waals surface area contributed by atoms with E-state index in [4.69, 9.17) is 0 Å². The number of urea groups is 1. The predicted molar refractivity (Wildman–Crippen MR) is 118 cm³/mol. The van der Waals surface area contributed by atoms with Crippen molar-refractivity contribution in [3.05, 3.63) is 47.3 Å². The smallest absolute Gasteiger partial charge is 0.315 e. The van der Waals surface area contributed by atoms with Gasteiger partial charge in [0.05, 0.1) is 0 Å². The maximum absolute atomic E-state index is 13.0. The molecule has 6 heteroatoms. The molecule has 0 fully saturated rings. The first-order valence-corrected chi connectivity index (χ1v) is 10.9. The van der Waals surface area contributed by atoms with Crippen LogP contribution in [0.1, 0.15) is 53.0 Å². The third-order valence-electron chi connectivity index (χ3n) is 5.84. The van der Waals surface area contributed by atoms with Gasteiger partial charge in [0.15, 0.2) is 0 Å². The van der Waals surface area contributed by atoms with Crippen LogP contribution >= 0.6 is 0 Å². The van der Waals surface area contributed by atoms with Crippen LogP contribution < -0.4 is 16.0 Å². The van der Waals surface area contributed by atoms with Crippen molar-refractivity contribution in [3.8, 4) is 0 Å². The van der Waals surface area contributed by atoms with Crippen molar-refractivity contribution in [3.63, 3.8) is 0 Å². The van der Waals surface area contributed by atoms with Gasteiger partial charge in [-0.15, -0.1) is 0 Å². The molecule has 0 saturated carbocycles. The van der Waals surface area contributed by atoms with Crippen LogP contribution in [0.15, 0.2) is 35.9 Å². The Morgan fingerprint density at radius 1 is 1.10 bits per heavy atom. The standard InChI is InChI=1S/C24H36FN3O2/c1-15(2)22-11-19(12-23(29)26-13-18-6-8-21(25)9-7-18)17(5)10-20(22)14-27-24(30)28-16(3)4/h6-10,15-16,19-20,22H,11-14H2,1-5H3,(H,26,29)(H2,27,28,30)/t19-,20-,22-/m0/s1. The summed E-state index contributed by atoms with van der Waals surface area (Å²) in [7, 11) is 0. The molecule has 0 heterocycles. The molecule has 3 amide bonds. The number of allylic oxidation sites excluding steroid dienone is 1. The SMILES string of the molecule is CC1=C[C@@H](CNC(=O)NC(C)C)[C@H](C(C)C)C[C@H]1CC(=O)NCc1ccc(F)cc1. The van der Waals surface area contributed by atoms with E-state index in [1.807, 2.05) is 13.8 Å². The Bertz CT molecular complexity index is 743. The molecule has 30 heavy (non-hydrogen) atoms. The van der Waals surface area contributed by atoms with Gasteiger partial charge in [0.2, 0.25) is 5.91 Å². The summed E-state index contributed by atoms with van der Waals surface area (Å²) in [6, 6.07) is 6.14. The molecule has 1 aliphatic carbocycles. The van der Waals surface area contributed by atoms with Crippen molar-refractivity contribution < 1.29 is 14.0 Å². The Balaban J connectivity index is 1.92. The van der Waals surface area contributed by atoms with E-state index in [1.54, 1.807) is 12.1 Å². The fraction of sp³-hybridized carbons (Fsp3) is 0.583. The minimum atomic E-state index is -0.279. The molecule has 0 aliphatic heterocycles. The molecule has 1 aliphatic rings. The van der Waals surface area contributed by atoms with Gasteiger partial charge in [-0.25, -0.2) is 9.18 Å². The second-order valence-electron chi connectivity index (χ2n) is 9.03. The van der Waals surface area contributed by atoms with Crippen molar-refractivity contribution in [1.82, 2.24) is 16.0 Å². The van der Waals surface area contributed by atoms with Gasteiger partial charge in [0.1, 0.15) is 5.82 Å². The van der Waals surface area contributed by atoms with Gasteiger partial charge in [0, 0.05) is 25.6 Å². The van der Waals surface area contributed by atoms with Gasteiger partial charge in [-0.2, -0.15) is 0 Å². The van der Waals surface area contributed by atoms with E-state index >= 15 is 0 Å². The third-order valence-corrected chi connectivity index (χ3v) is 5.84. The predicted octanol–water partition coefficient (Wildman–Crippen LogP) is 4.39. The zero-order valence-electron chi connectivity index (χ0n) is 18.8. The number of halogens is 1. The van der Waals surface area contributed by atoms with Crippen LogP contribution in [0.5, 0.6) is 0 Å². The zero-order valence-corrected chi connectivity index (χ0v) is 18.8. The molecule has 0 spiro atoms. The van der Waals surface area contributed by atoms with Gasteiger partial charge >= 0.3 is 6.03 Å². The van der Waals surface area contributed by atoms with Crippen LogP contribution in [0.25, 0.3) is 0 Å². The Morgan fingerprint density at radius 2 is 1.77 bits per heavy atom. The van der Waals surface area contributed by atoms with Gasteiger partial charge in [0.25, 0.3) is 0 Å². The Hall–Kier alpha value is -2.37. The molecule has 166 valence electrons. The molecule has 0 unspecified atom stereocenters. The van der Waals surface area contributed by atoms with Gasteiger partial charge in [-0.05, 0) is 68.6 Å². The Kier molecular flexibility index (Phi) is 8.88. The average molecular weight is 418 g/mol. The van der Waals surface area contributed by atoms with Crippen LogP contribution in [0, 0.1) is 29.5 Å². The molecule has 3 atom stereocenters. The topological polar surface area (TPSA) is 70.2 Å². The minimum Gasteiger partial charge on any atom is -0.352 e. The number of carbonyl (C=O) groups excluding carboxylic acids is 2. The molecule has 5 nitrogen and oxygen atoms in total. The normalized spacial score (nSPS) is 21.3. The Labute approximate surface area is 179 Å². The van der Waals surface area contributed by atoms with E-state index in [0.717, 1.165) is 12.0 Å². The highest BCUT2D eigenvalue weighted by Crippen LogP contribution is 2.38. The first kappa shape index (κ1) is 23.9. The van der Waals surface area contributed by atoms with Crippen molar-refractivity contribution >= 4 is 11.9 Å². The second kappa shape index (κ2) is 11.1. The number of nitrogens with one attached hydrogen (secondary N) is 3. The van der Waals surface area contributed by atoms with E-state index in [9.17, 15) is 14.0 Å². The first-order valence-electron chi connectivity index (χ1n) is 10.9. The van der Waals surface area contributed by atoms with E-state index in [1.165, 1.54) is 17.7 Å². The summed E-state index contributed by atoms with van der Waals surface area (Å²) in [5.74, 6) is 1.06. The van der Waals surface area contributed by atoms with Crippen LogP contribution in [-0.4, -0.2) is 24.5 Å². The van der Waals surface area contributed by atoms with Crippen molar-refractivity contribution in [1.29, 1.82) is 0 Å². The number of hydrogen-bond acceptors (Lipinski definition) is 2. The Morgan fingerprint density at radius 3 is 2.37 bits per heavy atom. The number of amides is 3. The zero-order chi connectivity index (χ0) is 22.3. The van der Waals surface area contributed by atoms with Crippen molar-refractivity contribution in [2.24, 2.45) is 23.7 Å². The summed E-state index contributed by atoms with van der Waals surface area (Å²) in [6.07, 6.45) is 3.62. The van der Waals surface area contributed by atoms with Crippen molar-refractivity contribution in [2.75, 3.05) is 6.54 Å². The maximum atomic E-state index is 13.0. The minimum absolute atomic E-state index is 0.00691. The molecular weight excluding hydrogens is 381 g/mol. The molecular formula is C24H36FN3O2. The second-order valence-corrected chi connectivity index (χ2v) is 9.03. The highest BCUT2D eigenvalue weighted by molar-refractivity contribution is 5.76. The first-order chi connectivity index (χ1) is 14.2. The van der Waals surface area contributed by atoms with Crippen LogP contribution in [0.3, 0.4) is 0 Å². The molecule has 0 radical (unpaired) electrons. The summed E-state index contributed by atoms with van der Waals surface area (Å²) in [4.78, 5) is 24.5. The van der Waals surface area contributed by atoms with Gasteiger partial charge < -0.3 is 16.0 Å². The number of carbonyl (C=O) groups is 2. The highest BCUT2D eigenvalue weighted by atomic mass is 19.1. The summed E-state index contributed by atoms with van der Waals surface area (Å²) >= 11 is 0. The molecule has 0 aromatic heterocycles. The fourth-order valence-electron chi connectivity index (χ4n) is 4.13. The summed E-state index contributed by atoms with van der Waals surface area (Å²) in [6.45, 7) is 11.4. The maximum Gasteiger partial charge on any atom is 0.315 e. The molecule has 0 saturated heterocycles. The van der Waals surface area contributed by atoms with E-state index in [2.05, 4.69) is 42.8 Å². The lowest BCUT2D eigenvalue weighted by atomic mass is 9.70. The van der Waals surface area contributed by atoms with Crippen LogP contribution in [-0.2, 0) is 11.3 Å². The largest absolute Gasteiger partial charge is 0.352 e. The summed E-state index contributed by atoms with van der Waals surface area (Å²) in [5, 5.41) is 8.79. The van der Waals surface area contributed by atoms with Crippen LogP contribution in [0.4, 0.5) is 9.18 Å². The summed E-state index contributed by atoms with van der Waals surface area (Å²) in [5.41, 5.74) is 2.09. The van der Waals surface area contributed by atoms with E-state index < -0.39 is 0 Å². The summed E-state index contributed by atoms with van der Waals surface area (Å²) < 4.78 is 13.0. The lowest BCUT2D eigenvalue weighted by Crippen LogP contribution is -2.43. The fourth-order valence-corrected chi connectivity index (χ4v) is 4.13. The number of benzene rings is 1.